The highest BCUT2D eigenvalue weighted by atomic mass is 35.5. The third-order valence-electron chi connectivity index (χ3n) is 7.19. The van der Waals surface area contributed by atoms with E-state index < -0.39 is 6.16 Å². The topological polar surface area (TPSA) is 105 Å². The number of unbranched alkanes of at least 4 members (excludes halogenated alkanes) is 10. The average molecular weight is 721 g/mol. The third kappa shape index (κ3) is 12.1. The van der Waals surface area contributed by atoms with Gasteiger partial charge in [0.05, 0.1) is 26.4 Å². The molecule has 8 nitrogen and oxygen atoms in total. The average Bonchev–Trinajstić information content (AvgIpc) is 3.26. The van der Waals surface area contributed by atoms with Crippen molar-refractivity contribution >= 4 is 87.3 Å². The number of benzene rings is 2. The molecule has 0 bridgehead atoms. The maximum atomic E-state index is 12.6. The molecule has 1 heterocycles. The summed E-state index contributed by atoms with van der Waals surface area (Å²) in [5, 5.41) is 20.8. The Labute approximate surface area is 289 Å². The normalized spacial score (nSPS) is 11.1. The maximum absolute atomic E-state index is 12.6. The minimum absolute atomic E-state index is 0.0674. The summed E-state index contributed by atoms with van der Waals surface area (Å²) in [5.41, 5.74) is 1.69. The zero-order valence-corrected chi connectivity index (χ0v) is 29.0. The molecule has 0 saturated heterocycles. The van der Waals surface area contributed by atoms with Crippen LogP contribution in [0.2, 0.25) is 25.1 Å². The van der Waals surface area contributed by atoms with Crippen molar-refractivity contribution in [2.24, 2.45) is 0 Å². The van der Waals surface area contributed by atoms with Gasteiger partial charge in [0.1, 0.15) is 17.3 Å². The first-order valence-corrected chi connectivity index (χ1v) is 17.1. The number of aromatic nitrogens is 2. The molecule has 0 saturated carbocycles. The fourth-order valence-electron chi connectivity index (χ4n) is 4.89. The number of carbonyl (C=O) groups is 2. The number of carboxylic acid groups (broad SMARTS) is 1. The molecule has 0 aliphatic heterocycles. The van der Waals surface area contributed by atoms with E-state index in [2.05, 4.69) is 22.7 Å². The van der Waals surface area contributed by atoms with Gasteiger partial charge in [-0.15, -0.1) is 5.10 Å². The number of nitrogens with zero attached hydrogens (tertiary/aromatic N) is 2. The van der Waals surface area contributed by atoms with Crippen molar-refractivity contribution in [3.63, 3.8) is 0 Å². The van der Waals surface area contributed by atoms with Gasteiger partial charge in [0.2, 0.25) is 5.91 Å². The molecule has 13 heteroatoms. The lowest BCUT2D eigenvalue weighted by Gasteiger charge is -2.12. The van der Waals surface area contributed by atoms with Gasteiger partial charge < -0.3 is 20.5 Å². The molecule has 3 aromatic rings. The van der Waals surface area contributed by atoms with E-state index in [1.165, 1.54) is 68.2 Å². The molecule has 0 spiro atoms. The molecule has 0 atom stereocenters. The number of amides is 1. The molecule has 2 aromatic carbocycles. The summed E-state index contributed by atoms with van der Waals surface area (Å²) in [7, 11) is 0. The largest absolute Gasteiger partial charge is 0.505 e. The summed E-state index contributed by atoms with van der Waals surface area (Å²) in [6.07, 6.45) is 12.5. The van der Waals surface area contributed by atoms with E-state index >= 15 is 0 Å². The van der Waals surface area contributed by atoms with Gasteiger partial charge in [-0.25, -0.2) is 9.48 Å². The van der Waals surface area contributed by atoms with Gasteiger partial charge in [-0.1, -0.05) is 129 Å². The Bertz CT molecular complexity index is 1410. The lowest BCUT2D eigenvalue weighted by atomic mass is 10.1. The Morgan fingerprint density at radius 2 is 1.44 bits per heavy atom. The maximum Gasteiger partial charge on any atom is 0.505 e. The molecule has 1 amide bonds. The van der Waals surface area contributed by atoms with Gasteiger partial charge in [-0.3, -0.25) is 4.79 Å². The zero-order chi connectivity index (χ0) is 32.8. The van der Waals surface area contributed by atoms with Gasteiger partial charge in [0, 0.05) is 23.6 Å². The minimum Gasteiger partial charge on any atom is -0.450 e. The van der Waals surface area contributed by atoms with Crippen LogP contribution in [0, 0.1) is 0 Å². The first kappa shape index (κ1) is 37.1. The van der Waals surface area contributed by atoms with Crippen molar-refractivity contribution < 1.29 is 19.4 Å². The summed E-state index contributed by atoms with van der Waals surface area (Å²) in [6.45, 7) is 2.05. The fourth-order valence-corrected chi connectivity index (χ4v) is 6.29. The van der Waals surface area contributed by atoms with Crippen molar-refractivity contribution in [1.29, 1.82) is 0 Å². The highest BCUT2D eigenvalue weighted by molar-refractivity contribution is 6.41. The van der Waals surface area contributed by atoms with Crippen LogP contribution in [-0.4, -0.2) is 33.6 Å². The molecular weight excluding hydrogens is 682 g/mol. The molecule has 0 aliphatic carbocycles. The zero-order valence-electron chi connectivity index (χ0n) is 25.2. The Morgan fingerprint density at radius 1 is 0.844 bits per heavy atom. The number of rotatable bonds is 19. The minimum atomic E-state index is -1.42. The predicted molar refractivity (Wildman–Crippen MR) is 186 cm³/mol. The van der Waals surface area contributed by atoms with Gasteiger partial charge in [0.15, 0.2) is 5.82 Å². The number of ether oxygens (including phenoxy) is 1. The predicted octanol–water partition coefficient (Wildman–Crippen LogP) is 11.8. The Kier molecular flexibility index (Phi) is 15.9. The molecule has 45 heavy (non-hydrogen) atoms. The first-order chi connectivity index (χ1) is 21.6. The van der Waals surface area contributed by atoms with E-state index in [0.717, 1.165) is 19.3 Å². The first-order valence-electron chi connectivity index (χ1n) is 15.2. The van der Waals surface area contributed by atoms with Crippen molar-refractivity contribution in [1.82, 2.24) is 9.78 Å². The second-order valence-corrected chi connectivity index (χ2v) is 12.8. The van der Waals surface area contributed by atoms with E-state index in [0.29, 0.717) is 39.2 Å². The molecule has 0 unspecified atom stereocenters. The van der Waals surface area contributed by atoms with Crippen LogP contribution in [0.1, 0.15) is 89.7 Å². The number of carbonyl (C=O) groups excluding carboxylic acids is 1. The van der Waals surface area contributed by atoms with Crippen LogP contribution in [0.3, 0.4) is 0 Å². The molecule has 3 N–H and O–H groups in total. The van der Waals surface area contributed by atoms with Crippen LogP contribution in [0.15, 0.2) is 30.3 Å². The molecule has 3 rings (SSSR count). The van der Waals surface area contributed by atoms with E-state index in [9.17, 15) is 9.59 Å². The monoisotopic (exact) mass is 718 g/mol. The summed E-state index contributed by atoms with van der Waals surface area (Å²) in [4.78, 5) is 23.6. The molecule has 246 valence electrons. The number of hydrogen-bond donors (Lipinski definition) is 3. The second kappa shape index (κ2) is 19.3. The van der Waals surface area contributed by atoms with Crippen molar-refractivity contribution in [3.8, 4) is 5.69 Å². The lowest BCUT2D eigenvalue weighted by Crippen LogP contribution is -2.11. The molecule has 0 radical (unpaired) electrons. The Morgan fingerprint density at radius 3 is 2.04 bits per heavy atom. The van der Waals surface area contributed by atoms with E-state index in [-0.39, 0.29) is 39.8 Å². The van der Waals surface area contributed by atoms with Gasteiger partial charge in [-0.05, 0) is 36.8 Å². The lowest BCUT2D eigenvalue weighted by molar-refractivity contribution is -0.116. The van der Waals surface area contributed by atoms with Crippen LogP contribution < -0.4 is 10.6 Å². The fraction of sp³-hybridized carbons (Fsp3) is 0.469. The number of halogens is 5. The highest BCUT2D eigenvalue weighted by Crippen LogP contribution is 2.38. The highest BCUT2D eigenvalue weighted by Gasteiger charge is 2.22. The van der Waals surface area contributed by atoms with Gasteiger partial charge >= 0.3 is 6.16 Å². The van der Waals surface area contributed by atoms with Crippen LogP contribution in [0.4, 0.5) is 22.0 Å². The van der Waals surface area contributed by atoms with E-state index in [4.69, 9.17) is 67.8 Å². The van der Waals surface area contributed by atoms with E-state index in [1.54, 1.807) is 18.2 Å². The SMILES string of the molecule is CCCCCCCCCCCCCC(=O)Nc1ccc(Cl)c(Nc2nn(-c3c(Cl)cc(Cl)cc3Cl)c(CCOC(=O)O)c2Cl)c1. The Hall–Kier alpha value is -2.36. The van der Waals surface area contributed by atoms with Crippen molar-refractivity contribution in [2.45, 2.75) is 90.4 Å². The summed E-state index contributed by atoms with van der Waals surface area (Å²) >= 11 is 32.2. The molecule has 0 aliphatic rings. The van der Waals surface area contributed by atoms with E-state index in [1.807, 2.05) is 0 Å². The van der Waals surface area contributed by atoms with Crippen LogP contribution in [0.25, 0.3) is 5.69 Å². The van der Waals surface area contributed by atoms with Gasteiger partial charge in [-0.2, -0.15) is 0 Å². The Balaban J connectivity index is 1.63. The number of nitrogens with one attached hydrogen (secondary N) is 2. The second-order valence-electron chi connectivity index (χ2n) is 10.8. The quantitative estimate of drug-likeness (QED) is 0.0841. The number of hydrogen-bond acceptors (Lipinski definition) is 5. The molecule has 0 fully saturated rings. The smallest absolute Gasteiger partial charge is 0.450 e. The van der Waals surface area contributed by atoms with Crippen LogP contribution >= 0.6 is 58.0 Å². The van der Waals surface area contributed by atoms with Crippen molar-refractivity contribution in [3.05, 3.63) is 61.1 Å². The third-order valence-corrected chi connectivity index (χ3v) is 8.71. The summed E-state index contributed by atoms with van der Waals surface area (Å²) in [6, 6.07) is 8.06. The van der Waals surface area contributed by atoms with Crippen LogP contribution in [-0.2, 0) is 16.0 Å². The van der Waals surface area contributed by atoms with Crippen molar-refractivity contribution in [2.75, 3.05) is 17.2 Å². The molecular formula is C32H39Cl5N4O4. The van der Waals surface area contributed by atoms with Gasteiger partial charge in [0.25, 0.3) is 0 Å². The summed E-state index contributed by atoms with van der Waals surface area (Å²) in [5.74, 6) is 0.129. The molecule has 1 aromatic heterocycles. The van der Waals surface area contributed by atoms with Crippen LogP contribution in [0.5, 0.6) is 0 Å². The standard InChI is InChI=1S/C32H39Cl5N4O4/c1-2-3-4-5-6-7-8-9-10-11-12-13-28(42)38-22-14-15-23(34)26(20-22)39-31-29(37)27(16-17-45-32(43)44)41(40-31)30-24(35)18-21(33)19-25(30)36/h14-15,18-20H,2-13,16-17H2,1H3,(H,38,42)(H,39,40)(H,43,44). The number of anilines is 3. The summed E-state index contributed by atoms with van der Waals surface area (Å²) < 4.78 is 6.10.